The minimum Gasteiger partial charge on any atom is -0.392 e. The fourth-order valence-electron chi connectivity index (χ4n) is 2.52. The molecule has 104 valence electrons. The lowest BCUT2D eigenvalue weighted by Crippen LogP contribution is -2.42. The maximum absolute atomic E-state index is 11.7. The van der Waals surface area contributed by atoms with Gasteiger partial charge in [0.1, 0.15) is 0 Å². The van der Waals surface area contributed by atoms with Gasteiger partial charge in [-0.1, -0.05) is 17.7 Å². The third kappa shape index (κ3) is 3.19. The van der Waals surface area contributed by atoms with E-state index in [0.717, 1.165) is 30.6 Å². The molecular weight excluding hydrogens is 264 g/mol. The van der Waals surface area contributed by atoms with Crippen molar-refractivity contribution >= 4 is 23.2 Å². The van der Waals surface area contributed by atoms with Crippen LogP contribution in [0.15, 0.2) is 18.2 Å². The summed E-state index contributed by atoms with van der Waals surface area (Å²) in [5.41, 5.74) is 1.74. The Hall–Kier alpha value is -1.26. The maximum Gasteiger partial charge on any atom is 0.224 e. The third-order valence-electron chi connectivity index (χ3n) is 3.57. The lowest BCUT2D eigenvalue weighted by molar-refractivity contribution is -0.124. The molecule has 1 aromatic rings. The number of hydrogen-bond acceptors (Lipinski definition) is 3. The van der Waals surface area contributed by atoms with E-state index < -0.39 is 0 Å². The molecule has 1 fully saturated rings. The topological polar surface area (TPSA) is 52.6 Å². The van der Waals surface area contributed by atoms with Crippen LogP contribution in [0.25, 0.3) is 0 Å². The van der Waals surface area contributed by atoms with E-state index in [4.69, 9.17) is 16.7 Å². The molecule has 0 aromatic heterocycles. The van der Waals surface area contributed by atoms with Gasteiger partial charge in [0, 0.05) is 20.1 Å². The van der Waals surface area contributed by atoms with Crippen molar-refractivity contribution in [2.24, 2.45) is 5.92 Å². The van der Waals surface area contributed by atoms with Crippen LogP contribution >= 0.6 is 11.6 Å². The Labute approximate surface area is 118 Å². The smallest absolute Gasteiger partial charge is 0.224 e. The van der Waals surface area contributed by atoms with Gasteiger partial charge in [-0.05, 0) is 30.5 Å². The molecule has 5 heteroatoms. The summed E-state index contributed by atoms with van der Waals surface area (Å²) in [6.45, 7) is 1.59. The summed E-state index contributed by atoms with van der Waals surface area (Å²) in [6, 6.07) is 5.56. The maximum atomic E-state index is 11.7. The van der Waals surface area contributed by atoms with Gasteiger partial charge in [0.15, 0.2) is 0 Å². The number of piperidine rings is 1. The molecule has 0 bridgehead atoms. The zero-order chi connectivity index (χ0) is 13.8. The summed E-state index contributed by atoms with van der Waals surface area (Å²) in [4.78, 5) is 13.9. The minimum atomic E-state index is -0.0130. The Bertz CT molecular complexity index is 465. The Balaban J connectivity index is 2.15. The van der Waals surface area contributed by atoms with Gasteiger partial charge in [-0.3, -0.25) is 4.79 Å². The van der Waals surface area contributed by atoms with Crippen molar-refractivity contribution in [3.05, 3.63) is 28.8 Å². The van der Waals surface area contributed by atoms with Crippen LogP contribution in [0.5, 0.6) is 0 Å². The highest BCUT2D eigenvalue weighted by Crippen LogP contribution is 2.30. The van der Waals surface area contributed by atoms with E-state index in [0.29, 0.717) is 11.6 Å². The van der Waals surface area contributed by atoms with E-state index in [1.54, 1.807) is 13.1 Å². The molecule has 0 spiro atoms. The second kappa shape index (κ2) is 6.26. The molecule has 1 unspecified atom stereocenters. The molecule has 0 saturated carbocycles. The van der Waals surface area contributed by atoms with E-state index in [1.165, 1.54) is 0 Å². The number of aliphatic hydroxyl groups is 1. The highest BCUT2D eigenvalue weighted by Gasteiger charge is 2.26. The molecule has 0 radical (unpaired) electrons. The normalized spacial score (nSPS) is 19.3. The number of aliphatic hydroxyl groups excluding tert-OH is 1. The van der Waals surface area contributed by atoms with Gasteiger partial charge < -0.3 is 15.3 Å². The molecule has 1 saturated heterocycles. The fourth-order valence-corrected chi connectivity index (χ4v) is 2.84. The number of rotatable bonds is 3. The number of nitrogens with one attached hydrogen (secondary N) is 1. The highest BCUT2D eigenvalue weighted by atomic mass is 35.5. The van der Waals surface area contributed by atoms with Crippen molar-refractivity contribution in [2.75, 3.05) is 25.0 Å². The first-order valence-electron chi connectivity index (χ1n) is 6.51. The Kier molecular flexibility index (Phi) is 4.66. The van der Waals surface area contributed by atoms with Crippen molar-refractivity contribution in [1.82, 2.24) is 5.32 Å². The van der Waals surface area contributed by atoms with Crippen LogP contribution in [0.1, 0.15) is 18.4 Å². The summed E-state index contributed by atoms with van der Waals surface area (Å²) < 4.78 is 0. The van der Waals surface area contributed by atoms with E-state index >= 15 is 0 Å². The number of nitrogens with zero attached hydrogens (tertiary/aromatic N) is 1. The zero-order valence-electron chi connectivity index (χ0n) is 11.0. The van der Waals surface area contributed by atoms with Crippen LogP contribution in [0, 0.1) is 5.92 Å². The minimum absolute atomic E-state index is 0.0130. The highest BCUT2D eigenvalue weighted by molar-refractivity contribution is 6.33. The molecule has 1 aliphatic heterocycles. The monoisotopic (exact) mass is 282 g/mol. The van der Waals surface area contributed by atoms with Gasteiger partial charge in [-0.15, -0.1) is 0 Å². The van der Waals surface area contributed by atoms with Gasteiger partial charge in [0.2, 0.25) is 5.91 Å². The molecule has 2 N–H and O–H groups in total. The van der Waals surface area contributed by atoms with Gasteiger partial charge in [-0.2, -0.15) is 0 Å². The van der Waals surface area contributed by atoms with Crippen molar-refractivity contribution < 1.29 is 9.90 Å². The molecule has 2 rings (SSSR count). The van der Waals surface area contributed by atoms with Gasteiger partial charge in [-0.25, -0.2) is 0 Å². The Morgan fingerprint density at radius 3 is 3.00 bits per heavy atom. The van der Waals surface area contributed by atoms with Crippen molar-refractivity contribution in [1.29, 1.82) is 0 Å². The predicted octanol–water partition coefficient (Wildman–Crippen LogP) is 1.79. The SMILES string of the molecule is CNC(=O)C1CCCN(c2ccc(CO)cc2Cl)C1. The predicted molar refractivity (Wildman–Crippen MR) is 76.4 cm³/mol. The van der Waals surface area contributed by atoms with Gasteiger partial charge in [0.05, 0.1) is 23.2 Å². The van der Waals surface area contributed by atoms with Gasteiger partial charge in [0.25, 0.3) is 0 Å². The fraction of sp³-hybridized carbons (Fsp3) is 0.500. The van der Waals surface area contributed by atoms with Crippen molar-refractivity contribution in [3.8, 4) is 0 Å². The summed E-state index contributed by atoms with van der Waals surface area (Å²) in [6.07, 6.45) is 1.90. The summed E-state index contributed by atoms with van der Waals surface area (Å²) in [7, 11) is 1.67. The van der Waals surface area contributed by atoms with Crippen LogP contribution < -0.4 is 10.2 Å². The summed E-state index contributed by atoms with van der Waals surface area (Å²) >= 11 is 6.25. The van der Waals surface area contributed by atoms with Crippen LogP contribution in [0.3, 0.4) is 0 Å². The number of carbonyl (C=O) groups is 1. The van der Waals surface area contributed by atoms with E-state index in [1.807, 2.05) is 12.1 Å². The molecular formula is C14H19ClN2O2. The molecule has 4 nitrogen and oxygen atoms in total. The van der Waals surface area contributed by atoms with E-state index in [-0.39, 0.29) is 18.4 Å². The number of amides is 1. The molecule has 1 aliphatic rings. The summed E-state index contributed by atoms with van der Waals surface area (Å²) in [5, 5.41) is 12.4. The second-order valence-electron chi connectivity index (χ2n) is 4.84. The number of anilines is 1. The first-order chi connectivity index (χ1) is 9.15. The zero-order valence-corrected chi connectivity index (χ0v) is 11.8. The first kappa shape index (κ1) is 14.2. The molecule has 1 aromatic carbocycles. The lowest BCUT2D eigenvalue weighted by atomic mass is 9.96. The average Bonchev–Trinajstić information content (AvgIpc) is 2.46. The average molecular weight is 283 g/mol. The third-order valence-corrected chi connectivity index (χ3v) is 3.88. The molecule has 1 heterocycles. The van der Waals surface area contributed by atoms with Crippen molar-refractivity contribution in [2.45, 2.75) is 19.4 Å². The Morgan fingerprint density at radius 1 is 1.58 bits per heavy atom. The lowest BCUT2D eigenvalue weighted by Gasteiger charge is -2.34. The van der Waals surface area contributed by atoms with Crippen LogP contribution in [-0.2, 0) is 11.4 Å². The largest absolute Gasteiger partial charge is 0.392 e. The molecule has 19 heavy (non-hydrogen) atoms. The van der Waals surface area contributed by atoms with Crippen LogP contribution in [0.2, 0.25) is 5.02 Å². The van der Waals surface area contributed by atoms with Gasteiger partial charge >= 0.3 is 0 Å². The standard InChI is InChI=1S/C14H19ClN2O2/c1-16-14(19)11-3-2-6-17(8-11)13-5-4-10(9-18)7-12(13)15/h4-5,7,11,18H,2-3,6,8-9H2,1H3,(H,16,19). The summed E-state index contributed by atoms with van der Waals surface area (Å²) in [5.74, 6) is 0.111. The van der Waals surface area contributed by atoms with Crippen LogP contribution in [0.4, 0.5) is 5.69 Å². The van der Waals surface area contributed by atoms with E-state index in [2.05, 4.69) is 10.2 Å². The number of halogens is 1. The molecule has 1 amide bonds. The van der Waals surface area contributed by atoms with Crippen molar-refractivity contribution in [3.63, 3.8) is 0 Å². The molecule has 0 aliphatic carbocycles. The molecule has 1 atom stereocenters. The first-order valence-corrected chi connectivity index (χ1v) is 6.89. The number of carbonyl (C=O) groups excluding carboxylic acids is 1. The number of benzene rings is 1. The Morgan fingerprint density at radius 2 is 2.37 bits per heavy atom. The quantitative estimate of drug-likeness (QED) is 0.889. The number of hydrogen-bond donors (Lipinski definition) is 2. The van der Waals surface area contributed by atoms with E-state index in [9.17, 15) is 4.79 Å². The second-order valence-corrected chi connectivity index (χ2v) is 5.25. The van der Waals surface area contributed by atoms with Crippen LogP contribution in [-0.4, -0.2) is 31.2 Å².